The van der Waals surface area contributed by atoms with Crippen molar-refractivity contribution < 1.29 is 18.0 Å². The topological polar surface area (TPSA) is 45.2 Å². The third-order valence-corrected chi connectivity index (χ3v) is 2.26. The summed E-state index contributed by atoms with van der Waals surface area (Å²) in [6.45, 7) is 0.198. The Kier molecular flexibility index (Phi) is 4.52. The first-order valence-corrected chi connectivity index (χ1v) is 5.38. The van der Waals surface area contributed by atoms with Gasteiger partial charge in [-0.1, -0.05) is 6.07 Å². The van der Waals surface area contributed by atoms with Crippen molar-refractivity contribution in [2.45, 2.75) is 13.1 Å². The summed E-state index contributed by atoms with van der Waals surface area (Å²) in [5, 5.41) is 2.72. The highest BCUT2D eigenvalue weighted by Crippen LogP contribution is 2.18. The molecule has 0 saturated heterocycles. The fourth-order valence-corrected chi connectivity index (χ4v) is 1.40. The summed E-state index contributed by atoms with van der Waals surface area (Å²) >= 11 is 0. The van der Waals surface area contributed by atoms with Crippen LogP contribution in [0.25, 0.3) is 0 Å². The maximum atomic E-state index is 12.3. The number of rotatable bonds is 4. The van der Waals surface area contributed by atoms with Crippen molar-refractivity contribution in [2.75, 3.05) is 25.5 Å². The highest BCUT2D eigenvalue weighted by Gasteiger charge is 2.32. The van der Waals surface area contributed by atoms with Gasteiger partial charge in [-0.3, -0.25) is 4.79 Å². The van der Waals surface area contributed by atoms with Gasteiger partial charge in [0.05, 0.1) is 0 Å². The van der Waals surface area contributed by atoms with Gasteiger partial charge in [-0.15, -0.1) is 0 Å². The van der Waals surface area contributed by atoms with Crippen LogP contribution in [0.1, 0.15) is 17.4 Å². The molecule has 1 amide bonds. The fourth-order valence-electron chi connectivity index (χ4n) is 1.40. The van der Waals surface area contributed by atoms with Crippen molar-refractivity contribution in [3.8, 4) is 0 Å². The van der Waals surface area contributed by atoms with Crippen molar-refractivity contribution in [1.29, 1.82) is 0 Å². The molecule has 0 atom stereocenters. The summed E-state index contributed by atoms with van der Waals surface area (Å²) in [5.41, 5.74) is -0.00653. The number of hydrogen-bond donors (Lipinski definition) is 1. The molecule has 0 saturated carbocycles. The maximum absolute atomic E-state index is 12.3. The first-order valence-electron chi connectivity index (χ1n) is 5.38. The van der Waals surface area contributed by atoms with Gasteiger partial charge in [0.1, 0.15) is 18.1 Å². The summed E-state index contributed by atoms with van der Waals surface area (Å²) in [4.78, 5) is 16.5. The Hall–Kier alpha value is -1.79. The Morgan fingerprint density at radius 1 is 1.44 bits per heavy atom. The average molecular weight is 261 g/mol. The number of nitrogens with zero attached hydrogens (tertiary/aromatic N) is 2. The van der Waals surface area contributed by atoms with E-state index in [1.807, 2.05) is 0 Å². The molecular formula is C11H14F3N3O. The SMILES string of the molecule is CCN(CC(F)(F)F)C(=O)c1cccc(NC)n1. The third kappa shape index (κ3) is 3.90. The van der Waals surface area contributed by atoms with Crippen molar-refractivity contribution in [2.24, 2.45) is 0 Å². The van der Waals surface area contributed by atoms with Crippen LogP contribution in [0.5, 0.6) is 0 Å². The van der Waals surface area contributed by atoms with Crippen molar-refractivity contribution >= 4 is 11.7 Å². The van der Waals surface area contributed by atoms with Crippen molar-refractivity contribution in [1.82, 2.24) is 9.88 Å². The zero-order valence-electron chi connectivity index (χ0n) is 10.1. The standard InChI is InChI=1S/C11H14F3N3O/c1-3-17(7-11(12,13)14)10(18)8-5-4-6-9(15-2)16-8/h4-6H,3,7H2,1-2H3,(H,15,16). The Balaban J connectivity index is 2.89. The minimum Gasteiger partial charge on any atom is -0.373 e. The van der Waals surface area contributed by atoms with E-state index in [0.29, 0.717) is 10.7 Å². The molecule has 1 rings (SSSR count). The molecule has 0 fully saturated rings. The van der Waals surface area contributed by atoms with E-state index in [9.17, 15) is 18.0 Å². The van der Waals surface area contributed by atoms with Gasteiger partial charge in [0, 0.05) is 13.6 Å². The summed E-state index contributed by atoms with van der Waals surface area (Å²) in [5.74, 6) is -0.296. The number of halogens is 3. The van der Waals surface area contributed by atoms with Crippen LogP contribution in [0, 0.1) is 0 Å². The molecule has 0 aliphatic heterocycles. The lowest BCUT2D eigenvalue weighted by molar-refractivity contribution is -0.140. The predicted molar refractivity (Wildman–Crippen MR) is 61.4 cm³/mol. The van der Waals surface area contributed by atoms with Crippen LogP contribution in [-0.2, 0) is 0 Å². The molecule has 1 N–H and O–H groups in total. The Morgan fingerprint density at radius 3 is 2.61 bits per heavy atom. The second kappa shape index (κ2) is 5.70. The summed E-state index contributed by atoms with van der Waals surface area (Å²) in [6, 6.07) is 4.58. The first-order chi connectivity index (χ1) is 8.37. The number of alkyl halides is 3. The molecule has 0 aliphatic rings. The smallest absolute Gasteiger partial charge is 0.373 e. The summed E-state index contributed by atoms with van der Waals surface area (Å²) in [6.07, 6.45) is -4.41. The van der Waals surface area contributed by atoms with Gasteiger partial charge in [-0.2, -0.15) is 13.2 Å². The van der Waals surface area contributed by atoms with Crippen LogP contribution in [-0.4, -0.2) is 42.1 Å². The molecule has 0 unspecified atom stereocenters. The zero-order chi connectivity index (χ0) is 13.8. The van der Waals surface area contributed by atoms with Crippen molar-refractivity contribution in [3.05, 3.63) is 23.9 Å². The second-order valence-corrected chi connectivity index (χ2v) is 3.59. The van der Waals surface area contributed by atoms with Gasteiger partial charge in [0.25, 0.3) is 5.91 Å². The minimum atomic E-state index is -4.41. The van der Waals surface area contributed by atoms with Gasteiger partial charge in [-0.25, -0.2) is 4.98 Å². The molecule has 1 aromatic heterocycles. The predicted octanol–water partition coefficient (Wildman–Crippen LogP) is 2.15. The lowest BCUT2D eigenvalue weighted by Gasteiger charge is -2.21. The number of carbonyl (C=O) groups is 1. The molecule has 0 radical (unpaired) electrons. The Labute approximate surface area is 103 Å². The van der Waals surface area contributed by atoms with Gasteiger partial charge in [0.15, 0.2) is 0 Å². The van der Waals surface area contributed by atoms with Crippen molar-refractivity contribution in [3.63, 3.8) is 0 Å². The lowest BCUT2D eigenvalue weighted by atomic mass is 10.3. The monoisotopic (exact) mass is 261 g/mol. The molecule has 0 aromatic carbocycles. The van der Waals surface area contributed by atoms with Crippen LogP contribution in [0.3, 0.4) is 0 Å². The van der Waals surface area contributed by atoms with Crippen LogP contribution in [0.15, 0.2) is 18.2 Å². The number of nitrogens with one attached hydrogen (secondary N) is 1. The quantitative estimate of drug-likeness (QED) is 0.903. The summed E-state index contributed by atoms with van der Waals surface area (Å²) in [7, 11) is 1.61. The number of anilines is 1. The van der Waals surface area contributed by atoms with Gasteiger partial charge in [-0.05, 0) is 19.1 Å². The molecule has 0 bridgehead atoms. The van der Waals surface area contributed by atoms with E-state index in [2.05, 4.69) is 10.3 Å². The van der Waals surface area contributed by atoms with Crippen LogP contribution in [0.4, 0.5) is 19.0 Å². The van der Waals surface area contributed by atoms with E-state index in [1.54, 1.807) is 19.2 Å². The minimum absolute atomic E-state index is 0.00653. The van der Waals surface area contributed by atoms with Crippen LogP contribution in [0.2, 0.25) is 0 Å². The van der Waals surface area contributed by atoms with E-state index in [-0.39, 0.29) is 12.2 Å². The number of pyridine rings is 1. The molecule has 7 heteroatoms. The molecule has 0 spiro atoms. The molecule has 18 heavy (non-hydrogen) atoms. The van der Waals surface area contributed by atoms with Crippen LogP contribution >= 0.6 is 0 Å². The van der Waals surface area contributed by atoms with Crippen LogP contribution < -0.4 is 5.32 Å². The first kappa shape index (κ1) is 14.3. The number of hydrogen-bond acceptors (Lipinski definition) is 3. The third-order valence-electron chi connectivity index (χ3n) is 2.26. The number of amides is 1. The van der Waals surface area contributed by atoms with E-state index >= 15 is 0 Å². The molecule has 1 aromatic rings. The molecule has 0 aliphatic carbocycles. The zero-order valence-corrected chi connectivity index (χ0v) is 10.1. The van der Waals surface area contributed by atoms with Gasteiger partial charge < -0.3 is 10.2 Å². The largest absolute Gasteiger partial charge is 0.406 e. The van der Waals surface area contributed by atoms with Gasteiger partial charge in [0.2, 0.25) is 0 Å². The van der Waals surface area contributed by atoms with E-state index in [1.165, 1.54) is 13.0 Å². The summed E-state index contributed by atoms with van der Waals surface area (Å²) < 4.78 is 36.9. The molecular weight excluding hydrogens is 247 g/mol. The normalized spacial score (nSPS) is 11.2. The Bertz CT molecular complexity index is 420. The lowest BCUT2D eigenvalue weighted by Crippen LogP contribution is -2.39. The number of carbonyl (C=O) groups excluding carboxylic acids is 1. The molecule has 1 heterocycles. The van der Waals surface area contributed by atoms with E-state index < -0.39 is 18.6 Å². The second-order valence-electron chi connectivity index (χ2n) is 3.59. The van der Waals surface area contributed by atoms with E-state index in [4.69, 9.17) is 0 Å². The van der Waals surface area contributed by atoms with E-state index in [0.717, 1.165) is 0 Å². The maximum Gasteiger partial charge on any atom is 0.406 e. The molecule has 100 valence electrons. The highest BCUT2D eigenvalue weighted by molar-refractivity contribution is 5.92. The molecule has 4 nitrogen and oxygen atoms in total. The van der Waals surface area contributed by atoms with Gasteiger partial charge >= 0.3 is 6.18 Å². The highest BCUT2D eigenvalue weighted by atomic mass is 19.4. The number of aromatic nitrogens is 1. The fraction of sp³-hybridized carbons (Fsp3) is 0.455. The average Bonchev–Trinajstić information content (AvgIpc) is 2.34. The Morgan fingerprint density at radius 2 is 2.11 bits per heavy atom.